The van der Waals surface area contributed by atoms with Crippen molar-refractivity contribution in [1.29, 1.82) is 0 Å². The summed E-state index contributed by atoms with van der Waals surface area (Å²) >= 11 is 6.23. The van der Waals surface area contributed by atoms with Crippen molar-refractivity contribution in [1.82, 2.24) is 10.3 Å². The molecule has 0 aliphatic carbocycles. The molecule has 0 bridgehead atoms. The third-order valence-electron chi connectivity index (χ3n) is 2.11. The molecule has 0 spiro atoms. The number of amides is 1. The minimum atomic E-state index is -0.108. The van der Waals surface area contributed by atoms with Crippen molar-refractivity contribution in [2.45, 2.75) is 6.92 Å². The van der Waals surface area contributed by atoms with Gasteiger partial charge in [0.15, 0.2) is 0 Å². The predicted molar refractivity (Wildman–Crippen MR) is 70.9 cm³/mol. The fourth-order valence-electron chi connectivity index (χ4n) is 1.31. The van der Waals surface area contributed by atoms with Gasteiger partial charge in [-0.2, -0.15) is 0 Å². The zero-order valence-corrected chi connectivity index (χ0v) is 10.2. The molecule has 2 N–H and O–H groups in total. The molecule has 16 heavy (non-hydrogen) atoms. The third-order valence-corrected chi connectivity index (χ3v) is 3.46. The summed E-state index contributed by atoms with van der Waals surface area (Å²) in [6, 6.07) is 3.88. The Morgan fingerprint density at radius 2 is 2.38 bits per heavy atom. The lowest BCUT2D eigenvalue weighted by atomic mass is 10.2. The summed E-state index contributed by atoms with van der Waals surface area (Å²) < 4.78 is 0.521. The molecule has 2 rings (SSSR count). The molecule has 1 aliphatic heterocycles. The molecular weight excluding hydrogens is 240 g/mol. The highest BCUT2D eigenvalue weighted by Gasteiger charge is 2.23. The molecule has 0 saturated carbocycles. The van der Waals surface area contributed by atoms with Crippen LogP contribution in [0.3, 0.4) is 0 Å². The van der Waals surface area contributed by atoms with Gasteiger partial charge in [-0.1, -0.05) is 30.1 Å². The summed E-state index contributed by atoms with van der Waals surface area (Å²) in [7, 11) is 0. The van der Waals surface area contributed by atoms with E-state index in [1.165, 1.54) is 11.8 Å². The van der Waals surface area contributed by atoms with Crippen molar-refractivity contribution in [2.75, 3.05) is 0 Å². The number of hydrogen-bond acceptors (Lipinski definition) is 3. The Morgan fingerprint density at radius 3 is 2.94 bits per heavy atom. The van der Waals surface area contributed by atoms with Gasteiger partial charge < -0.3 is 10.3 Å². The first-order valence-corrected chi connectivity index (χ1v) is 5.95. The molecule has 1 aliphatic rings. The van der Waals surface area contributed by atoms with E-state index in [-0.39, 0.29) is 5.91 Å². The molecule has 1 amide bonds. The van der Waals surface area contributed by atoms with E-state index in [4.69, 9.17) is 12.2 Å². The quantitative estimate of drug-likeness (QED) is 0.626. The van der Waals surface area contributed by atoms with Crippen LogP contribution in [0.15, 0.2) is 34.9 Å². The van der Waals surface area contributed by atoms with Crippen molar-refractivity contribution >= 4 is 40.3 Å². The lowest BCUT2D eigenvalue weighted by Gasteiger charge is -1.95. The lowest BCUT2D eigenvalue weighted by Crippen LogP contribution is -2.18. The first-order valence-electron chi connectivity index (χ1n) is 4.72. The fraction of sp³-hybridized carbons (Fsp3) is 0.0909. The van der Waals surface area contributed by atoms with Gasteiger partial charge >= 0.3 is 0 Å². The molecule has 0 radical (unpaired) electrons. The van der Waals surface area contributed by atoms with Crippen LogP contribution in [-0.2, 0) is 4.79 Å². The number of carbonyl (C=O) groups excluding carboxylic acids is 1. The van der Waals surface area contributed by atoms with Crippen molar-refractivity contribution in [3.8, 4) is 0 Å². The van der Waals surface area contributed by atoms with Crippen LogP contribution in [0.1, 0.15) is 12.6 Å². The first kappa shape index (κ1) is 11.2. The Morgan fingerprint density at radius 1 is 1.56 bits per heavy atom. The largest absolute Gasteiger partial charge is 0.362 e. The molecule has 2 heterocycles. The normalized spacial score (nSPS) is 19.3. The Hall–Kier alpha value is -1.33. The van der Waals surface area contributed by atoms with Gasteiger partial charge in [-0.25, -0.2) is 0 Å². The van der Waals surface area contributed by atoms with Crippen molar-refractivity contribution in [3.05, 3.63) is 40.6 Å². The average Bonchev–Trinajstić information content (AvgIpc) is 2.84. The van der Waals surface area contributed by atoms with Crippen LogP contribution in [0.2, 0.25) is 0 Å². The second kappa shape index (κ2) is 4.67. The Bertz CT molecular complexity index is 486. The number of aromatic nitrogens is 1. The minimum Gasteiger partial charge on any atom is -0.362 e. The molecule has 82 valence electrons. The number of H-pyrrole nitrogens is 1. The summed E-state index contributed by atoms with van der Waals surface area (Å²) in [5, 5.41) is 2.60. The van der Waals surface area contributed by atoms with E-state index in [1.807, 2.05) is 37.4 Å². The van der Waals surface area contributed by atoms with Gasteiger partial charge in [-0.15, -0.1) is 0 Å². The number of nitrogens with one attached hydrogen (secondary N) is 2. The average molecular weight is 250 g/mol. The number of rotatable bonds is 2. The van der Waals surface area contributed by atoms with Crippen LogP contribution < -0.4 is 5.32 Å². The summed E-state index contributed by atoms with van der Waals surface area (Å²) in [6.45, 7) is 1.90. The smallest absolute Gasteiger partial charge is 0.263 e. The SMILES string of the molecule is CC(C=Cc1ccc[nH]1)=C1SC(=S)NC1=O. The number of thiocarbonyl (C=S) groups is 1. The monoisotopic (exact) mass is 250 g/mol. The van der Waals surface area contributed by atoms with Crippen molar-refractivity contribution < 1.29 is 4.79 Å². The molecule has 0 aromatic carbocycles. The highest BCUT2D eigenvalue weighted by molar-refractivity contribution is 8.26. The van der Waals surface area contributed by atoms with Gasteiger partial charge in [0, 0.05) is 11.9 Å². The van der Waals surface area contributed by atoms with Gasteiger partial charge in [-0.05, 0) is 30.7 Å². The summed E-state index contributed by atoms with van der Waals surface area (Å²) in [5.74, 6) is -0.108. The van der Waals surface area contributed by atoms with Gasteiger partial charge in [0.2, 0.25) is 0 Å². The minimum absolute atomic E-state index is 0.108. The van der Waals surface area contributed by atoms with Crippen LogP contribution >= 0.6 is 24.0 Å². The van der Waals surface area contributed by atoms with E-state index in [0.29, 0.717) is 9.23 Å². The van der Waals surface area contributed by atoms with E-state index >= 15 is 0 Å². The van der Waals surface area contributed by atoms with Gasteiger partial charge in [0.25, 0.3) is 5.91 Å². The lowest BCUT2D eigenvalue weighted by molar-refractivity contribution is -0.115. The van der Waals surface area contributed by atoms with Crippen LogP contribution in [0.5, 0.6) is 0 Å². The molecule has 5 heteroatoms. The highest BCUT2D eigenvalue weighted by atomic mass is 32.2. The molecular formula is C11H10N2OS2. The number of allylic oxidation sites excluding steroid dienone is 2. The molecule has 1 fully saturated rings. The Kier molecular flexibility index (Phi) is 3.26. The summed E-state index contributed by atoms with van der Waals surface area (Å²) in [6.07, 6.45) is 5.69. The zero-order valence-electron chi connectivity index (χ0n) is 8.61. The van der Waals surface area contributed by atoms with E-state index < -0.39 is 0 Å². The molecule has 1 saturated heterocycles. The maximum absolute atomic E-state index is 11.5. The second-order valence-electron chi connectivity index (χ2n) is 3.31. The van der Waals surface area contributed by atoms with E-state index in [9.17, 15) is 4.79 Å². The maximum Gasteiger partial charge on any atom is 0.263 e. The van der Waals surface area contributed by atoms with Crippen LogP contribution in [0, 0.1) is 0 Å². The van der Waals surface area contributed by atoms with E-state index in [1.54, 1.807) is 0 Å². The first-order chi connectivity index (χ1) is 7.66. The molecule has 3 nitrogen and oxygen atoms in total. The Balaban J connectivity index is 2.19. The summed E-state index contributed by atoms with van der Waals surface area (Å²) in [5.41, 5.74) is 1.92. The Labute approximate surface area is 103 Å². The van der Waals surface area contributed by atoms with Crippen LogP contribution in [-0.4, -0.2) is 15.2 Å². The van der Waals surface area contributed by atoms with E-state index in [0.717, 1.165) is 11.3 Å². The number of carbonyl (C=O) groups is 1. The molecule has 0 atom stereocenters. The van der Waals surface area contributed by atoms with Crippen molar-refractivity contribution in [3.63, 3.8) is 0 Å². The molecule has 0 unspecified atom stereocenters. The topological polar surface area (TPSA) is 44.9 Å². The predicted octanol–water partition coefficient (Wildman–Crippen LogP) is 2.45. The zero-order chi connectivity index (χ0) is 11.5. The maximum atomic E-state index is 11.5. The molecule has 1 aromatic rings. The number of thioether (sulfide) groups is 1. The van der Waals surface area contributed by atoms with E-state index in [2.05, 4.69) is 10.3 Å². The van der Waals surface area contributed by atoms with Crippen molar-refractivity contribution in [2.24, 2.45) is 0 Å². The standard InChI is InChI=1S/C11H10N2OS2/c1-7(4-5-8-3-2-6-12-8)9-10(14)13-11(15)16-9/h2-6,12H,1H3,(H,13,14,15). The second-order valence-corrected chi connectivity index (χ2v) is 5.00. The summed E-state index contributed by atoms with van der Waals surface area (Å²) in [4.78, 5) is 15.2. The molecule has 1 aromatic heterocycles. The van der Waals surface area contributed by atoms with Crippen LogP contribution in [0.4, 0.5) is 0 Å². The van der Waals surface area contributed by atoms with Gasteiger partial charge in [0.1, 0.15) is 4.32 Å². The number of aromatic amines is 1. The van der Waals surface area contributed by atoms with Gasteiger partial charge in [0.05, 0.1) is 4.91 Å². The number of hydrogen-bond donors (Lipinski definition) is 2. The highest BCUT2D eigenvalue weighted by Crippen LogP contribution is 2.27. The fourth-order valence-corrected chi connectivity index (χ4v) is 2.36. The van der Waals surface area contributed by atoms with Gasteiger partial charge in [-0.3, -0.25) is 4.79 Å². The third kappa shape index (κ3) is 2.43. The van der Waals surface area contributed by atoms with Crippen LogP contribution in [0.25, 0.3) is 6.08 Å².